The molecule has 12 aromatic carbocycles. The van der Waals surface area contributed by atoms with Gasteiger partial charge in [0, 0.05) is 44.9 Å². The molecular formula is C76H66B2N2. The minimum atomic E-state index is 0.00698. The van der Waals surface area contributed by atoms with Crippen molar-refractivity contribution in [1.82, 2.24) is 0 Å². The van der Waals surface area contributed by atoms with Crippen LogP contribution < -0.4 is 42.6 Å². The molecule has 0 spiro atoms. The van der Waals surface area contributed by atoms with Gasteiger partial charge in [0.05, 0.1) is 0 Å². The van der Waals surface area contributed by atoms with Crippen molar-refractivity contribution < 1.29 is 0 Å². The molecule has 0 N–H and O–H groups in total. The quantitative estimate of drug-likeness (QED) is 0.111. The van der Waals surface area contributed by atoms with Crippen LogP contribution >= 0.6 is 0 Å². The monoisotopic (exact) mass is 1030 g/mol. The van der Waals surface area contributed by atoms with E-state index < -0.39 is 0 Å². The molecule has 0 saturated heterocycles. The zero-order valence-electron chi connectivity index (χ0n) is 47.8. The van der Waals surface area contributed by atoms with Crippen LogP contribution in [-0.4, -0.2) is 13.4 Å². The van der Waals surface area contributed by atoms with Crippen molar-refractivity contribution in [3.63, 3.8) is 0 Å². The van der Waals surface area contributed by atoms with Gasteiger partial charge in [0.1, 0.15) is 0 Å². The van der Waals surface area contributed by atoms with E-state index in [0.717, 1.165) is 11.4 Å². The summed E-state index contributed by atoms with van der Waals surface area (Å²) in [7, 11) is 0. The Bertz CT molecular complexity index is 4090. The van der Waals surface area contributed by atoms with Crippen molar-refractivity contribution in [3.8, 4) is 22.3 Å². The SMILES string of the molecule is Cc1cc(C)c(B2c3ccccc3N(c3ccc(-c4ccccc4)cc3)c3c2c(C(C)C)c2ccc4c5c(c(C(C)C)c6ccc3c2c64)B(c2c(C)cc(C)cc2C)c2ccccc2N5c2ccc(-c3ccccc3)cc2)c(C)c1. The number of aryl methyl sites for hydroxylation is 6. The summed E-state index contributed by atoms with van der Waals surface area (Å²) in [5, 5.41) is 7.99. The summed E-state index contributed by atoms with van der Waals surface area (Å²) < 4.78 is 0. The van der Waals surface area contributed by atoms with Gasteiger partial charge in [-0.15, -0.1) is 0 Å². The largest absolute Gasteiger partial charge is 0.311 e. The lowest BCUT2D eigenvalue weighted by atomic mass is 9.32. The molecule has 2 heterocycles. The Kier molecular flexibility index (Phi) is 11.8. The molecule has 0 amide bonds. The average molecular weight is 1030 g/mol. The first-order valence-corrected chi connectivity index (χ1v) is 29.0. The predicted octanol–water partition coefficient (Wildman–Crippen LogP) is 16.6. The fourth-order valence-corrected chi connectivity index (χ4v) is 15.2. The normalized spacial score (nSPS) is 13.0. The van der Waals surface area contributed by atoms with Crippen molar-refractivity contribution in [2.45, 2.75) is 81.1 Å². The number of benzene rings is 12. The molecular weight excluding hydrogens is 962 g/mol. The van der Waals surface area contributed by atoms with E-state index in [0.29, 0.717) is 0 Å². The maximum absolute atomic E-state index is 2.64. The molecule has 0 radical (unpaired) electrons. The van der Waals surface area contributed by atoms with E-state index in [4.69, 9.17) is 0 Å². The van der Waals surface area contributed by atoms with Gasteiger partial charge in [-0.25, -0.2) is 0 Å². The van der Waals surface area contributed by atoms with Gasteiger partial charge in [0.15, 0.2) is 0 Å². The van der Waals surface area contributed by atoms with Crippen molar-refractivity contribution in [1.29, 1.82) is 0 Å². The van der Waals surface area contributed by atoms with Crippen LogP contribution in [0, 0.1) is 41.5 Å². The van der Waals surface area contributed by atoms with Gasteiger partial charge in [-0.3, -0.25) is 0 Å². The van der Waals surface area contributed by atoms with Crippen LogP contribution in [0.3, 0.4) is 0 Å². The molecule has 12 aromatic rings. The maximum atomic E-state index is 2.64. The zero-order valence-corrected chi connectivity index (χ0v) is 47.8. The van der Waals surface area contributed by atoms with Gasteiger partial charge in [0.2, 0.25) is 13.4 Å². The van der Waals surface area contributed by atoms with E-state index in [-0.39, 0.29) is 25.3 Å². The first-order valence-electron chi connectivity index (χ1n) is 29.0. The molecule has 4 heteroatoms. The van der Waals surface area contributed by atoms with Crippen LogP contribution in [0.4, 0.5) is 34.1 Å². The number of anilines is 6. The predicted molar refractivity (Wildman–Crippen MR) is 349 cm³/mol. The Morgan fingerprint density at radius 1 is 0.312 bits per heavy atom. The molecule has 2 aliphatic rings. The van der Waals surface area contributed by atoms with Crippen LogP contribution in [0.25, 0.3) is 54.6 Å². The van der Waals surface area contributed by atoms with Gasteiger partial charge in [-0.2, -0.15) is 0 Å². The number of rotatable bonds is 8. The lowest BCUT2D eigenvalue weighted by molar-refractivity contribution is 0.881. The first kappa shape index (κ1) is 49.7. The van der Waals surface area contributed by atoms with Crippen molar-refractivity contribution in [3.05, 3.63) is 251 Å². The molecule has 0 aliphatic carbocycles. The fourth-order valence-electron chi connectivity index (χ4n) is 15.2. The summed E-state index contributed by atoms with van der Waals surface area (Å²) in [6.45, 7) is 23.6. The third-order valence-electron chi connectivity index (χ3n) is 18.0. The summed E-state index contributed by atoms with van der Waals surface area (Å²) in [6.07, 6.45) is 0. The van der Waals surface area contributed by atoms with Crippen LogP contribution in [0.1, 0.15) is 84.0 Å². The highest BCUT2D eigenvalue weighted by atomic mass is 15.2. The number of nitrogens with zero attached hydrogens (tertiary/aromatic N) is 2. The topological polar surface area (TPSA) is 6.48 Å². The number of hydrogen-bond donors (Lipinski definition) is 0. The molecule has 0 atom stereocenters. The smallest absolute Gasteiger partial charge is 0.247 e. The standard InChI is InChI=1S/C76H66B2N2/c1-45(2)67-59-37-39-62-70-60(68(46(3)4)74-76(62)80(58-35-31-56(32-36-58)54-23-15-12-16-24-54)66-28-20-18-26-64(66)78(74)72-51(9)43-48(6)44-52(72)10)38-40-61(69(59)70)75-73(67)77(71-49(7)41-47(5)42-50(71)8)63-25-17-19-27-65(63)79(75)57-33-29-55(30-34-57)53-21-13-11-14-22-53/h11-46H,1-10H3. The van der Waals surface area contributed by atoms with E-state index in [2.05, 4.69) is 285 Å². The summed E-state index contributed by atoms with van der Waals surface area (Å²) in [4.78, 5) is 5.28. The third kappa shape index (κ3) is 7.55. The minimum absolute atomic E-state index is 0.00698. The summed E-state index contributed by atoms with van der Waals surface area (Å²) in [6, 6.07) is 78.7. The fraction of sp³-hybridized carbons (Fsp3) is 0.158. The van der Waals surface area contributed by atoms with E-state index in [1.807, 2.05) is 0 Å². The Labute approximate surface area is 473 Å². The van der Waals surface area contributed by atoms with E-state index in [1.165, 1.54) is 155 Å². The zero-order chi connectivity index (χ0) is 54.8. The van der Waals surface area contributed by atoms with Gasteiger partial charge in [0.25, 0.3) is 0 Å². The van der Waals surface area contributed by atoms with Crippen molar-refractivity contribution in [2.24, 2.45) is 0 Å². The Morgan fingerprint density at radius 3 is 0.975 bits per heavy atom. The molecule has 0 aromatic heterocycles. The molecule has 80 heavy (non-hydrogen) atoms. The van der Waals surface area contributed by atoms with Crippen molar-refractivity contribution >= 4 is 113 Å². The van der Waals surface area contributed by atoms with Gasteiger partial charge in [-0.1, -0.05) is 242 Å². The highest BCUT2D eigenvalue weighted by Gasteiger charge is 2.44. The Hall–Kier alpha value is -8.59. The molecule has 2 nitrogen and oxygen atoms in total. The molecule has 0 saturated carbocycles. The van der Waals surface area contributed by atoms with Crippen molar-refractivity contribution in [2.75, 3.05) is 9.80 Å². The van der Waals surface area contributed by atoms with E-state index in [9.17, 15) is 0 Å². The van der Waals surface area contributed by atoms with Crippen LogP contribution in [0.5, 0.6) is 0 Å². The summed E-state index contributed by atoms with van der Waals surface area (Å²) >= 11 is 0. The second kappa shape index (κ2) is 19.1. The lowest BCUT2D eigenvalue weighted by Gasteiger charge is -2.42. The molecule has 2 aliphatic heterocycles. The summed E-state index contributed by atoms with van der Waals surface area (Å²) in [5.74, 6) is 0.410. The number of para-hydroxylation sites is 2. The van der Waals surface area contributed by atoms with E-state index in [1.54, 1.807) is 0 Å². The highest BCUT2D eigenvalue weighted by molar-refractivity contribution is 7.00. The van der Waals surface area contributed by atoms with Gasteiger partial charge in [-0.05, 0) is 167 Å². The summed E-state index contributed by atoms with van der Waals surface area (Å²) in [5.41, 5.74) is 31.4. The van der Waals surface area contributed by atoms with Crippen LogP contribution in [0.2, 0.25) is 0 Å². The molecule has 0 unspecified atom stereocenters. The average Bonchev–Trinajstić information content (AvgIpc) is 3.65. The van der Waals surface area contributed by atoms with Crippen LogP contribution in [0.15, 0.2) is 206 Å². The number of hydrogen-bond acceptors (Lipinski definition) is 2. The Morgan fingerprint density at radius 2 is 0.625 bits per heavy atom. The number of fused-ring (bicyclic) bond motifs is 6. The third-order valence-corrected chi connectivity index (χ3v) is 18.0. The highest BCUT2D eigenvalue weighted by Crippen LogP contribution is 2.52. The molecule has 386 valence electrons. The van der Waals surface area contributed by atoms with Gasteiger partial charge >= 0.3 is 0 Å². The lowest BCUT2D eigenvalue weighted by Crippen LogP contribution is -2.60. The second-order valence-electron chi connectivity index (χ2n) is 23.8. The minimum Gasteiger partial charge on any atom is -0.311 e. The first-order chi connectivity index (χ1) is 38.9. The van der Waals surface area contributed by atoms with E-state index >= 15 is 0 Å². The molecule has 0 fully saturated rings. The molecule has 0 bridgehead atoms. The van der Waals surface area contributed by atoms with Crippen LogP contribution in [-0.2, 0) is 0 Å². The molecule has 14 rings (SSSR count). The van der Waals surface area contributed by atoms with Gasteiger partial charge < -0.3 is 9.80 Å². The second-order valence-corrected chi connectivity index (χ2v) is 23.8. The maximum Gasteiger partial charge on any atom is 0.247 e. The Balaban J connectivity index is 1.14.